The van der Waals surface area contributed by atoms with Gasteiger partial charge in [-0.2, -0.15) is 0 Å². The van der Waals surface area contributed by atoms with Crippen molar-refractivity contribution in [2.24, 2.45) is 0 Å². The fourth-order valence-electron chi connectivity index (χ4n) is 6.74. The number of rotatable bonds is 36. The third kappa shape index (κ3) is 31.7. The first-order valence-corrected chi connectivity index (χ1v) is 21.9. The van der Waals surface area contributed by atoms with Crippen LogP contribution in [0.1, 0.15) is 219 Å². The van der Waals surface area contributed by atoms with E-state index in [4.69, 9.17) is 0 Å². The van der Waals surface area contributed by atoms with Crippen LogP contribution in [0.3, 0.4) is 0 Å². The second-order valence-electron chi connectivity index (χ2n) is 14.9. The minimum absolute atomic E-state index is 0.178. The van der Waals surface area contributed by atoms with Crippen molar-refractivity contribution < 1.29 is 9.59 Å². The summed E-state index contributed by atoms with van der Waals surface area (Å²) >= 11 is 0. The second-order valence-corrected chi connectivity index (χ2v) is 14.9. The smallest absolute Gasteiger partial charge is 0.319 e. The molecule has 0 fully saturated rings. The summed E-state index contributed by atoms with van der Waals surface area (Å²) in [5.41, 5.74) is 1.43. The van der Waals surface area contributed by atoms with E-state index in [2.05, 4.69) is 35.1 Å². The molecular weight excluding hydrogens is 617 g/mol. The molecule has 1 aromatic rings. The van der Waals surface area contributed by atoms with Crippen molar-refractivity contribution in [3.63, 3.8) is 0 Å². The van der Waals surface area contributed by atoms with Crippen molar-refractivity contribution in [1.82, 2.24) is 10.6 Å². The lowest BCUT2D eigenvalue weighted by Crippen LogP contribution is -2.30. The van der Waals surface area contributed by atoms with Crippen LogP contribution in [0, 0.1) is 0 Å². The highest BCUT2D eigenvalue weighted by atomic mass is 16.2. The van der Waals surface area contributed by atoms with Gasteiger partial charge in [0.2, 0.25) is 0 Å². The van der Waals surface area contributed by atoms with Crippen LogP contribution in [-0.4, -0.2) is 25.2 Å². The van der Waals surface area contributed by atoms with E-state index >= 15 is 0 Å². The number of urea groups is 2. The molecule has 0 aliphatic carbocycles. The van der Waals surface area contributed by atoms with Crippen LogP contribution in [0.15, 0.2) is 24.3 Å². The number of nitrogens with one attached hydrogen (secondary N) is 4. The number of hydrogen-bond acceptors (Lipinski definition) is 2. The predicted molar refractivity (Wildman–Crippen MR) is 220 cm³/mol. The fraction of sp³-hybridized carbons (Fsp3) is 0.818. The molecule has 0 unspecified atom stereocenters. The van der Waals surface area contributed by atoms with E-state index < -0.39 is 0 Å². The van der Waals surface area contributed by atoms with Gasteiger partial charge in [-0.3, -0.25) is 0 Å². The van der Waals surface area contributed by atoms with Gasteiger partial charge >= 0.3 is 12.1 Å². The van der Waals surface area contributed by atoms with E-state index in [0.717, 1.165) is 12.8 Å². The van der Waals surface area contributed by atoms with Crippen molar-refractivity contribution in [2.45, 2.75) is 219 Å². The van der Waals surface area contributed by atoms with E-state index in [1.807, 2.05) is 24.3 Å². The molecule has 4 N–H and O–H groups in total. The van der Waals surface area contributed by atoms with Crippen molar-refractivity contribution in [3.05, 3.63) is 24.3 Å². The minimum Gasteiger partial charge on any atom is -0.338 e. The Morgan fingerprint density at radius 1 is 0.340 bits per heavy atom. The van der Waals surface area contributed by atoms with Crippen LogP contribution < -0.4 is 21.3 Å². The molecule has 0 saturated heterocycles. The standard InChI is InChI=1S/C44H82N4O2/c1-3-5-7-9-11-13-15-17-19-21-23-25-27-29-31-33-39-45-43(49)47-41-35-37-42(38-36-41)48-44(50)46-40-34-32-30-28-26-24-22-20-18-16-14-12-10-8-6-4-2/h35-38H,3-34,39-40H2,1-2H3,(H2,45,47,49)(H2,46,48,50). The Bertz CT molecular complexity index is 804. The maximum absolute atomic E-state index is 12.3. The summed E-state index contributed by atoms with van der Waals surface area (Å²) in [7, 11) is 0. The number of benzene rings is 1. The first kappa shape index (κ1) is 45.8. The molecule has 0 aliphatic heterocycles. The number of anilines is 2. The Labute approximate surface area is 310 Å². The molecule has 0 aromatic heterocycles. The summed E-state index contributed by atoms with van der Waals surface area (Å²) in [6.07, 6.45) is 43.1. The molecule has 0 bridgehead atoms. The lowest BCUT2D eigenvalue weighted by molar-refractivity contribution is 0.251. The SMILES string of the molecule is CCCCCCCCCCCCCCCCCCNC(=O)Nc1ccc(NC(=O)NCCCCCCCCCCCCCCCCCC)cc1. The van der Waals surface area contributed by atoms with Crippen molar-refractivity contribution in [1.29, 1.82) is 0 Å². The zero-order valence-electron chi connectivity index (χ0n) is 33.2. The number of unbranched alkanes of at least 4 members (excludes halogenated alkanes) is 30. The first-order valence-electron chi connectivity index (χ1n) is 21.9. The molecular formula is C44H82N4O2. The Hall–Kier alpha value is -2.24. The van der Waals surface area contributed by atoms with Gasteiger partial charge in [0, 0.05) is 24.5 Å². The molecule has 0 spiro atoms. The summed E-state index contributed by atoms with van der Waals surface area (Å²) in [4.78, 5) is 24.5. The highest BCUT2D eigenvalue weighted by Gasteiger charge is 2.04. The van der Waals surface area contributed by atoms with Crippen molar-refractivity contribution >= 4 is 23.4 Å². The Kier molecular flexibility index (Phi) is 33.5. The Morgan fingerprint density at radius 3 is 0.760 bits per heavy atom. The molecule has 0 heterocycles. The van der Waals surface area contributed by atoms with Gasteiger partial charge in [-0.25, -0.2) is 9.59 Å². The predicted octanol–water partition coefficient (Wildman–Crippen LogP) is 14.5. The van der Waals surface area contributed by atoms with Crippen LogP contribution >= 0.6 is 0 Å². The maximum atomic E-state index is 12.3. The normalized spacial score (nSPS) is 11.1. The highest BCUT2D eigenvalue weighted by Crippen LogP contribution is 2.16. The van der Waals surface area contributed by atoms with Crippen LogP contribution in [-0.2, 0) is 0 Å². The van der Waals surface area contributed by atoms with E-state index in [1.165, 1.54) is 193 Å². The van der Waals surface area contributed by atoms with E-state index in [-0.39, 0.29) is 12.1 Å². The zero-order valence-corrected chi connectivity index (χ0v) is 33.2. The fourth-order valence-corrected chi connectivity index (χ4v) is 6.74. The minimum atomic E-state index is -0.178. The molecule has 0 radical (unpaired) electrons. The molecule has 0 aliphatic rings. The number of carbonyl (C=O) groups excluding carboxylic acids is 2. The average Bonchev–Trinajstić information content (AvgIpc) is 3.11. The quantitative estimate of drug-likeness (QED) is 0.0526. The highest BCUT2D eigenvalue weighted by molar-refractivity contribution is 5.91. The van der Waals surface area contributed by atoms with Gasteiger partial charge < -0.3 is 21.3 Å². The van der Waals surface area contributed by atoms with Crippen LogP contribution in [0.5, 0.6) is 0 Å². The second kappa shape index (κ2) is 36.5. The first-order chi connectivity index (χ1) is 24.7. The summed E-state index contributed by atoms with van der Waals surface area (Å²) in [6.45, 7) is 5.96. The maximum Gasteiger partial charge on any atom is 0.319 e. The van der Waals surface area contributed by atoms with Crippen LogP contribution in [0.4, 0.5) is 21.0 Å². The number of carbonyl (C=O) groups is 2. The van der Waals surface area contributed by atoms with Gasteiger partial charge in [0.05, 0.1) is 0 Å². The number of amides is 4. The third-order valence-corrected chi connectivity index (χ3v) is 10.0. The molecule has 290 valence electrons. The van der Waals surface area contributed by atoms with Crippen molar-refractivity contribution in [2.75, 3.05) is 23.7 Å². The van der Waals surface area contributed by atoms with Gasteiger partial charge in [0.15, 0.2) is 0 Å². The third-order valence-electron chi connectivity index (χ3n) is 10.0. The molecule has 1 aromatic carbocycles. The van der Waals surface area contributed by atoms with E-state index in [9.17, 15) is 9.59 Å². The van der Waals surface area contributed by atoms with Crippen LogP contribution in [0.2, 0.25) is 0 Å². The summed E-state index contributed by atoms with van der Waals surface area (Å²) in [5, 5.41) is 11.7. The van der Waals surface area contributed by atoms with Gasteiger partial charge in [0.25, 0.3) is 0 Å². The van der Waals surface area contributed by atoms with E-state index in [1.54, 1.807) is 0 Å². The van der Waals surface area contributed by atoms with Gasteiger partial charge in [-0.1, -0.05) is 206 Å². The molecule has 6 nitrogen and oxygen atoms in total. The van der Waals surface area contributed by atoms with Gasteiger partial charge in [0.1, 0.15) is 0 Å². The molecule has 4 amide bonds. The monoisotopic (exact) mass is 699 g/mol. The Balaban J connectivity index is 1.89. The van der Waals surface area contributed by atoms with Gasteiger partial charge in [-0.05, 0) is 37.1 Å². The Morgan fingerprint density at radius 2 is 0.540 bits per heavy atom. The summed E-state index contributed by atoms with van der Waals surface area (Å²) < 4.78 is 0. The average molecular weight is 699 g/mol. The lowest BCUT2D eigenvalue weighted by atomic mass is 10.0. The molecule has 6 heteroatoms. The summed E-state index contributed by atoms with van der Waals surface area (Å²) in [6, 6.07) is 6.92. The molecule has 0 saturated carbocycles. The topological polar surface area (TPSA) is 82.3 Å². The molecule has 0 atom stereocenters. The number of hydrogen-bond donors (Lipinski definition) is 4. The van der Waals surface area contributed by atoms with Crippen LogP contribution in [0.25, 0.3) is 0 Å². The molecule has 1 rings (SSSR count). The summed E-state index contributed by atoms with van der Waals surface area (Å²) in [5.74, 6) is 0. The van der Waals surface area contributed by atoms with E-state index in [0.29, 0.717) is 24.5 Å². The lowest BCUT2D eigenvalue weighted by Gasteiger charge is -2.10. The zero-order chi connectivity index (χ0) is 36.0. The van der Waals surface area contributed by atoms with Crippen molar-refractivity contribution in [3.8, 4) is 0 Å². The largest absolute Gasteiger partial charge is 0.338 e. The molecule has 50 heavy (non-hydrogen) atoms. The van der Waals surface area contributed by atoms with Gasteiger partial charge in [-0.15, -0.1) is 0 Å².